The van der Waals surface area contributed by atoms with Crippen molar-refractivity contribution in [3.8, 4) is 6.07 Å². The van der Waals surface area contributed by atoms with E-state index in [0.717, 1.165) is 23.1 Å². The van der Waals surface area contributed by atoms with E-state index in [4.69, 9.17) is 0 Å². The zero-order chi connectivity index (χ0) is 15.5. The molecule has 0 unspecified atom stereocenters. The number of aromatic nitrogens is 1. The Morgan fingerprint density at radius 3 is 2.86 bits per heavy atom. The van der Waals surface area contributed by atoms with E-state index in [9.17, 15) is 10.1 Å². The first kappa shape index (κ1) is 14.3. The van der Waals surface area contributed by atoms with Crippen molar-refractivity contribution in [2.75, 3.05) is 0 Å². The third kappa shape index (κ3) is 2.84. The molecule has 1 aliphatic carbocycles. The van der Waals surface area contributed by atoms with Gasteiger partial charge in [-0.3, -0.25) is 9.78 Å². The lowest BCUT2D eigenvalue weighted by Crippen LogP contribution is -2.29. The molecule has 110 valence electrons. The summed E-state index contributed by atoms with van der Waals surface area (Å²) in [7, 11) is 0. The van der Waals surface area contributed by atoms with Crippen LogP contribution in [0.25, 0.3) is 0 Å². The van der Waals surface area contributed by atoms with Crippen molar-refractivity contribution in [3.05, 3.63) is 65.5 Å². The fourth-order valence-electron chi connectivity index (χ4n) is 2.79. The van der Waals surface area contributed by atoms with Gasteiger partial charge in [-0.1, -0.05) is 30.3 Å². The van der Waals surface area contributed by atoms with Crippen molar-refractivity contribution >= 4 is 5.91 Å². The highest BCUT2D eigenvalue weighted by atomic mass is 16.2. The van der Waals surface area contributed by atoms with Crippen LogP contribution in [0.2, 0.25) is 0 Å². The van der Waals surface area contributed by atoms with Gasteiger partial charge in [-0.05, 0) is 42.0 Å². The predicted octanol–water partition coefficient (Wildman–Crippen LogP) is 2.87. The van der Waals surface area contributed by atoms with E-state index in [1.54, 1.807) is 12.4 Å². The molecular formula is C18H17N3O. The lowest BCUT2D eigenvalue weighted by atomic mass is 10.0. The van der Waals surface area contributed by atoms with Gasteiger partial charge >= 0.3 is 0 Å². The average molecular weight is 291 g/mol. The second-order valence-corrected chi connectivity index (χ2v) is 5.66. The third-order valence-corrected chi connectivity index (χ3v) is 4.15. The monoisotopic (exact) mass is 291 g/mol. The minimum absolute atomic E-state index is 0.0518. The fraction of sp³-hybridized carbons (Fsp3) is 0.278. The standard InChI is InChI=1S/C18H17N3O/c1-12-5-2-3-7-14(12)17(10-19)21-18(22)16-9-15(16)13-6-4-8-20-11-13/h2-8,11,15-17H,9H2,1H3,(H,21,22)/t15-,16+,17+/m1/s1. The molecule has 1 aromatic heterocycles. The SMILES string of the molecule is Cc1ccccc1[C@H](C#N)NC(=O)[C@H]1C[C@@H]1c1cccnc1. The summed E-state index contributed by atoms with van der Waals surface area (Å²) in [5.74, 6) is 0.123. The van der Waals surface area contributed by atoms with Crippen LogP contribution >= 0.6 is 0 Å². The summed E-state index contributed by atoms with van der Waals surface area (Å²) < 4.78 is 0. The Kier molecular flexibility index (Phi) is 3.88. The Morgan fingerprint density at radius 1 is 1.36 bits per heavy atom. The number of nitrogens with one attached hydrogen (secondary N) is 1. The average Bonchev–Trinajstić information content (AvgIpc) is 3.35. The second kappa shape index (κ2) is 5.98. The van der Waals surface area contributed by atoms with E-state index < -0.39 is 6.04 Å². The summed E-state index contributed by atoms with van der Waals surface area (Å²) in [6, 6.07) is 13.1. The van der Waals surface area contributed by atoms with Crippen LogP contribution in [0.15, 0.2) is 48.8 Å². The van der Waals surface area contributed by atoms with E-state index in [1.165, 1.54) is 0 Å². The number of aryl methyl sites for hydroxylation is 1. The van der Waals surface area contributed by atoms with E-state index in [0.29, 0.717) is 0 Å². The Bertz CT molecular complexity index is 721. The number of pyridine rings is 1. The molecule has 4 nitrogen and oxygen atoms in total. The summed E-state index contributed by atoms with van der Waals surface area (Å²) in [5, 5.41) is 12.2. The molecule has 0 radical (unpaired) electrons. The number of benzene rings is 1. The molecule has 22 heavy (non-hydrogen) atoms. The number of carbonyl (C=O) groups is 1. The zero-order valence-electron chi connectivity index (χ0n) is 12.4. The maximum absolute atomic E-state index is 12.4. The number of hydrogen-bond acceptors (Lipinski definition) is 3. The Labute approximate surface area is 129 Å². The van der Waals surface area contributed by atoms with Crippen LogP contribution in [0.4, 0.5) is 0 Å². The molecule has 0 bridgehead atoms. The molecule has 0 aliphatic heterocycles. The first-order chi connectivity index (χ1) is 10.7. The number of carbonyl (C=O) groups excluding carboxylic acids is 1. The van der Waals surface area contributed by atoms with E-state index in [2.05, 4.69) is 16.4 Å². The van der Waals surface area contributed by atoms with Crippen molar-refractivity contribution in [2.45, 2.75) is 25.3 Å². The Morgan fingerprint density at radius 2 is 2.18 bits per heavy atom. The third-order valence-electron chi connectivity index (χ3n) is 4.15. The van der Waals surface area contributed by atoms with Crippen LogP contribution < -0.4 is 5.32 Å². The summed E-state index contributed by atoms with van der Waals surface area (Å²) in [4.78, 5) is 16.5. The normalized spacial score (nSPS) is 20.7. The van der Waals surface area contributed by atoms with Gasteiger partial charge in [-0.15, -0.1) is 0 Å². The van der Waals surface area contributed by atoms with Gasteiger partial charge in [0.05, 0.1) is 6.07 Å². The van der Waals surface area contributed by atoms with Gasteiger partial charge < -0.3 is 5.32 Å². The first-order valence-corrected chi connectivity index (χ1v) is 7.36. The van der Waals surface area contributed by atoms with Gasteiger partial charge in [0.25, 0.3) is 0 Å². The summed E-state index contributed by atoms with van der Waals surface area (Å²) in [5.41, 5.74) is 2.96. The minimum atomic E-state index is -0.594. The van der Waals surface area contributed by atoms with Crippen LogP contribution in [0.5, 0.6) is 0 Å². The molecule has 4 heteroatoms. The predicted molar refractivity (Wildman–Crippen MR) is 82.8 cm³/mol. The van der Waals surface area contributed by atoms with Gasteiger partial charge in [-0.25, -0.2) is 0 Å². The van der Waals surface area contributed by atoms with Gasteiger partial charge in [-0.2, -0.15) is 5.26 Å². The molecule has 0 saturated heterocycles. The quantitative estimate of drug-likeness (QED) is 0.942. The zero-order valence-corrected chi connectivity index (χ0v) is 12.4. The fourth-order valence-corrected chi connectivity index (χ4v) is 2.79. The topological polar surface area (TPSA) is 65.8 Å². The molecule has 0 spiro atoms. The Balaban J connectivity index is 1.67. The van der Waals surface area contributed by atoms with Gasteiger partial charge in [0, 0.05) is 18.3 Å². The highest BCUT2D eigenvalue weighted by Crippen LogP contribution is 2.47. The number of amides is 1. The van der Waals surface area contributed by atoms with Crippen LogP contribution in [-0.4, -0.2) is 10.9 Å². The minimum Gasteiger partial charge on any atom is -0.336 e. The molecule has 1 aromatic carbocycles. The lowest BCUT2D eigenvalue weighted by Gasteiger charge is -2.14. The summed E-state index contributed by atoms with van der Waals surface area (Å²) >= 11 is 0. The maximum Gasteiger partial charge on any atom is 0.225 e. The van der Waals surface area contributed by atoms with Crippen molar-refractivity contribution in [3.63, 3.8) is 0 Å². The first-order valence-electron chi connectivity index (χ1n) is 7.36. The number of hydrogen-bond donors (Lipinski definition) is 1. The lowest BCUT2D eigenvalue weighted by molar-refractivity contribution is -0.122. The van der Waals surface area contributed by atoms with Crippen LogP contribution in [0.3, 0.4) is 0 Å². The highest BCUT2D eigenvalue weighted by Gasteiger charge is 2.44. The molecule has 1 fully saturated rings. The van der Waals surface area contributed by atoms with Crippen LogP contribution in [-0.2, 0) is 4.79 Å². The molecule has 1 amide bonds. The number of nitrogens with zero attached hydrogens (tertiary/aromatic N) is 2. The van der Waals surface area contributed by atoms with Crippen molar-refractivity contribution in [2.24, 2.45) is 5.92 Å². The summed E-state index contributed by atoms with van der Waals surface area (Å²) in [6.45, 7) is 1.95. The van der Waals surface area contributed by atoms with Gasteiger partial charge in [0.15, 0.2) is 0 Å². The molecule has 3 atom stereocenters. The molecule has 1 heterocycles. The molecule has 3 rings (SSSR count). The van der Waals surface area contributed by atoms with Crippen LogP contribution in [0.1, 0.15) is 35.1 Å². The largest absolute Gasteiger partial charge is 0.336 e. The van der Waals surface area contributed by atoms with Gasteiger partial charge in [0.2, 0.25) is 5.91 Å². The van der Waals surface area contributed by atoms with Crippen LogP contribution in [0, 0.1) is 24.2 Å². The maximum atomic E-state index is 12.4. The second-order valence-electron chi connectivity index (χ2n) is 5.66. The van der Waals surface area contributed by atoms with E-state index in [1.807, 2.05) is 43.3 Å². The van der Waals surface area contributed by atoms with Gasteiger partial charge in [0.1, 0.15) is 6.04 Å². The molecular weight excluding hydrogens is 274 g/mol. The molecule has 2 aromatic rings. The van der Waals surface area contributed by atoms with Crippen molar-refractivity contribution in [1.29, 1.82) is 5.26 Å². The van der Waals surface area contributed by atoms with E-state index in [-0.39, 0.29) is 17.7 Å². The highest BCUT2D eigenvalue weighted by molar-refractivity contribution is 5.83. The van der Waals surface area contributed by atoms with Crippen molar-refractivity contribution < 1.29 is 4.79 Å². The summed E-state index contributed by atoms with van der Waals surface area (Å²) in [6.07, 6.45) is 4.36. The molecule has 1 N–H and O–H groups in total. The van der Waals surface area contributed by atoms with Crippen molar-refractivity contribution in [1.82, 2.24) is 10.3 Å². The number of nitriles is 1. The molecule has 1 aliphatic rings. The van der Waals surface area contributed by atoms with E-state index >= 15 is 0 Å². The number of rotatable bonds is 4. The molecule has 1 saturated carbocycles. The Hall–Kier alpha value is -2.67. The smallest absolute Gasteiger partial charge is 0.225 e.